The molecule has 2 aromatic rings. The highest BCUT2D eigenvalue weighted by molar-refractivity contribution is 6.30. The largest absolute Gasteiger partial charge is 0.493 e. The van der Waals surface area contributed by atoms with Crippen LogP contribution in [0.25, 0.3) is 0 Å². The van der Waals surface area contributed by atoms with Crippen LogP contribution in [0.1, 0.15) is 24.8 Å². The van der Waals surface area contributed by atoms with E-state index in [0.717, 1.165) is 43.2 Å². The Bertz CT molecular complexity index is 683. The van der Waals surface area contributed by atoms with Gasteiger partial charge in [-0.05, 0) is 42.7 Å². The van der Waals surface area contributed by atoms with E-state index in [1.54, 1.807) is 0 Å². The van der Waals surface area contributed by atoms with Gasteiger partial charge >= 0.3 is 0 Å². The molecule has 1 aliphatic rings. The van der Waals surface area contributed by atoms with Gasteiger partial charge in [-0.25, -0.2) is 0 Å². The SMILES string of the molecule is O=C(CCOc1ccccc1)NC1CCN(Cc2ccc(Cl)cc2)CC1. The van der Waals surface area contributed by atoms with Crippen molar-refractivity contribution in [3.8, 4) is 5.75 Å². The van der Waals surface area contributed by atoms with Crippen LogP contribution in [0.3, 0.4) is 0 Å². The monoisotopic (exact) mass is 372 g/mol. The lowest BCUT2D eigenvalue weighted by molar-refractivity contribution is -0.122. The van der Waals surface area contributed by atoms with Crippen molar-refractivity contribution in [2.45, 2.75) is 31.8 Å². The van der Waals surface area contributed by atoms with Gasteiger partial charge in [-0.15, -0.1) is 0 Å². The average Bonchev–Trinajstić information content (AvgIpc) is 2.66. The summed E-state index contributed by atoms with van der Waals surface area (Å²) in [4.78, 5) is 14.5. The molecule has 0 atom stereocenters. The minimum atomic E-state index is 0.0667. The highest BCUT2D eigenvalue weighted by atomic mass is 35.5. The summed E-state index contributed by atoms with van der Waals surface area (Å²) < 4.78 is 5.58. The molecule has 0 radical (unpaired) electrons. The number of likely N-dealkylation sites (tertiary alicyclic amines) is 1. The fourth-order valence-corrected chi connectivity index (χ4v) is 3.29. The predicted molar refractivity (Wildman–Crippen MR) is 104 cm³/mol. The first-order valence-corrected chi connectivity index (χ1v) is 9.51. The number of piperidine rings is 1. The van der Waals surface area contributed by atoms with Crippen LogP contribution in [0.2, 0.25) is 5.02 Å². The predicted octanol–water partition coefficient (Wildman–Crippen LogP) is 3.89. The van der Waals surface area contributed by atoms with Crippen LogP contribution in [0, 0.1) is 0 Å². The highest BCUT2D eigenvalue weighted by Gasteiger charge is 2.20. The summed E-state index contributed by atoms with van der Waals surface area (Å²) in [5.41, 5.74) is 1.27. The van der Waals surface area contributed by atoms with E-state index in [1.807, 2.05) is 42.5 Å². The summed E-state index contributed by atoms with van der Waals surface area (Å²) in [6.07, 6.45) is 2.36. The first-order chi connectivity index (χ1) is 12.7. The number of halogens is 1. The lowest BCUT2D eigenvalue weighted by Crippen LogP contribution is -2.44. The van der Waals surface area contributed by atoms with Crippen molar-refractivity contribution >= 4 is 17.5 Å². The molecule has 0 aromatic heterocycles. The van der Waals surface area contributed by atoms with E-state index >= 15 is 0 Å². The molecule has 5 heteroatoms. The summed E-state index contributed by atoms with van der Waals surface area (Å²) >= 11 is 5.93. The van der Waals surface area contributed by atoms with Crippen LogP contribution in [-0.2, 0) is 11.3 Å². The van der Waals surface area contributed by atoms with Crippen LogP contribution >= 0.6 is 11.6 Å². The third kappa shape index (κ3) is 6.04. The van der Waals surface area contributed by atoms with Gasteiger partial charge in [0.25, 0.3) is 0 Å². The van der Waals surface area contributed by atoms with E-state index in [0.29, 0.717) is 13.0 Å². The maximum absolute atomic E-state index is 12.1. The minimum absolute atomic E-state index is 0.0667. The van der Waals surface area contributed by atoms with Crippen molar-refractivity contribution in [2.24, 2.45) is 0 Å². The molecule has 1 saturated heterocycles. The van der Waals surface area contributed by atoms with E-state index < -0.39 is 0 Å². The molecule has 0 saturated carbocycles. The maximum Gasteiger partial charge on any atom is 0.223 e. The second-order valence-electron chi connectivity index (χ2n) is 6.66. The number of para-hydroxylation sites is 1. The second-order valence-corrected chi connectivity index (χ2v) is 7.09. The van der Waals surface area contributed by atoms with Gasteiger partial charge in [0.05, 0.1) is 13.0 Å². The summed E-state index contributed by atoms with van der Waals surface area (Å²) in [5, 5.41) is 3.90. The molecular weight excluding hydrogens is 348 g/mol. The zero-order chi connectivity index (χ0) is 18.2. The Morgan fingerprint density at radius 1 is 1.08 bits per heavy atom. The van der Waals surface area contributed by atoms with E-state index in [2.05, 4.69) is 22.3 Å². The number of hydrogen-bond acceptors (Lipinski definition) is 3. The zero-order valence-corrected chi connectivity index (χ0v) is 15.6. The van der Waals surface area contributed by atoms with E-state index in [1.165, 1.54) is 5.56 Å². The van der Waals surface area contributed by atoms with Crippen molar-refractivity contribution in [3.63, 3.8) is 0 Å². The van der Waals surface area contributed by atoms with Crippen LogP contribution in [-0.4, -0.2) is 36.5 Å². The third-order valence-corrected chi connectivity index (χ3v) is 4.87. The molecular formula is C21H25ClN2O2. The molecule has 2 aromatic carbocycles. The van der Waals surface area contributed by atoms with Crippen LogP contribution in [0.5, 0.6) is 5.75 Å². The zero-order valence-electron chi connectivity index (χ0n) is 14.9. The van der Waals surface area contributed by atoms with Crippen molar-refractivity contribution in [1.29, 1.82) is 0 Å². The summed E-state index contributed by atoms with van der Waals surface area (Å²) in [5.74, 6) is 0.868. The fraction of sp³-hybridized carbons (Fsp3) is 0.381. The van der Waals surface area contributed by atoms with Gasteiger partial charge in [0, 0.05) is 30.7 Å². The molecule has 1 amide bonds. The summed E-state index contributed by atoms with van der Waals surface area (Å²) in [6.45, 7) is 3.33. The molecule has 1 heterocycles. The van der Waals surface area contributed by atoms with E-state index in [-0.39, 0.29) is 11.9 Å². The molecule has 138 valence electrons. The third-order valence-electron chi connectivity index (χ3n) is 4.61. The number of rotatable bonds is 7. The smallest absolute Gasteiger partial charge is 0.223 e. The number of benzene rings is 2. The quantitative estimate of drug-likeness (QED) is 0.801. The molecule has 0 spiro atoms. The standard InChI is InChI=1S/C21H25ClN2O2/c22-18-8-6-17(7-9-18)16-24-13-10-19(11-14-24)23-21(25)12-15-26-20-4-2-1-3-5-20/h1-9,19H,10-16H2,(H,23,25). The van der Waals surface area contributed by atoms with Crippen molar-refractivity contribution in [2.75, 3.05) is 19.7 Å². The summed E-state index contributed by atoms with van der Waals surface area (Å²) in [7, 11) is 0. The van der Waals surface area contributed by atoms with Gasteiger partial charge in [0.2, 0.25) is 5.91 Å². The second kappa shape index (κ2) is 9.60. The Labute approximate surface area is 160 Å². The molecule has 26 heavy (non-hydrogen) atoms. The average molecular weight is 373 g/mol. The molecule has 1 N–H and O–H groups in total. The number of amides is 1. The lowest BCUT2D eigenvalue weighted by Gasteiger charge is -2.32. The Kier molecular flexibility index (Phi) is 6.92. The molecule has 1 aliphatic heterocycles. The lowest BCUT2D eigenvalue weighted by atomic mass is 10.0. The molecule has 4 nitrogen and oxygen atoms in total. The van der Waals surface area contributed by atoms with Crippen LogP contribution in [0.15, 0.2) is 54.6 Å². The van der Waals surface area contributed by atoms with Crippen LogP contribution in [0.4, 0.5) is 0 Å². The number of nitrogens with one attached hydrogen (secondary N) is 1. The Morgan fingerprint density at radius 3 is 2.46 bits per heavy atom. The number of carbonyl (C=O) groups excluding carboxylic acids is 1. The fourth-order valence-electron chi connectivity index (χ4n) is 3.16. The molecule has 0 unspecified atom stereocenters. The van der Waals surface area contributed by atoms with Gasteiger partial charge < -0.3 is 10.1 Å². The van der Waals surface area contributed by atoms with Crippen molar-refractivity contribution in [3.05, 3.63) is 65.2 Å². The Balaban J connectivity index is 1.33. The van der Waals surface area contributed by atoms with Gasteiger partial charge in [0.15, 0.2) is 0 Å². The first-order valence-electron chi connectivity index (χ1n) is 9.13. The topological polar surface area (TPSA) is 41.6 Å². The Morgan fingerprint density at radius 2 is 1.77 bits per heavy atom. The number of hydrogen-bond donors (Lipinski definition) is 1. The van der Waals surface area contributed by atoms with Crippen LogP contribution < -0.4 is 10.1 Å². The Hall–Kier alpha value is -2.04. The molecule has 3 rings (SSSR count). The number of ether oxygens (including phenoxy) is 1. The van der Waals surface area contributed by atoms with Gasteiger partial charge in [0.1, 0.15) is 5.75 Å². The normalized spacial score (nSPS) is 15.6. The highest BCUT2D eigenvalue weighted by Crippen LogP contribution is 2.16. The van der Waals surface area contributed by atoms with E-state index in [9.17, 15) is 4.79 Å². The van der Waals surface area contributed by atoms with Gasteiger partial charge in [-0.1, -0.05) is 41.9 Å². The molecule has 0 aliphatic carbocycles. The van der Waals surface area contributed by atoms with Crippen molar-refractivity contribution < 1.29 is 9.53 Å². The molecule has 0 bridgehead atoms. The van der Waals surface area contributed by atoms with Crippen molar-refractivity contribution in [1.82, 2.24) is 10.2 Å². The maximum atomic E-state index is 12.1. The van der Waals surface area contributed by atoms with Gasteiger partial charge in [-0.2, -0.15) is 0 Å². The minimum Gasteiger partial charge on any atom is -0.493 e. The number of nitrogens with zero attached hydrogens (tertiary/aromatic N) is 1. The van der Waals surface area contributed by atoms with Gasteiger partial charge in [-0.3, -0.25) is 9.69 Å². The molecule has 1 fully saturated rings. The number of carbonyl (C=O) groups is 1. The van der Waals surface area contributed by atoms with E-state index in [4.69, 9.17) is 16.3 Å². The first kappa shape index (κ1) is 18.7. The summed E-state index contributed by atoms with van der Waals surface area (Å²) in [6, 6.07) is 17.9.